The van der Waals surface area contributed by atoms with Gasteiger partial charge in [-0.25, -0.2) is 4.79 Å². The maximum absolute atomic E-state index is 12.1. The first-order chi connectivity index (χ1) is 13.6. The van der Waals surface area contributed by atoms with Crippen LogP contribution in [0.2, 0.25) is 5.02 Å². The average molecular weight is 394 g/mol. The molecule has 0 radical (unpaired) electrons. The number of rotatable bonds is 5. The molecular formula is C23H20ClNO3. The lowest BCUT2D eigenvalue weighted by Gasteiger charge is -2.16. The van der Waals surface area contributed by atoms with Gasteiger partial charge in [0.2, 0.25) is 0 Å². The molecule has 1 atom stereocenters. The number of halogens is 1. The molecule has 3 aromatic carbocycles. The minimum Gasteiger partial charge on any atom is -0.449 e. The van der Waals surface area contributed by atoms with E-state index >= 15 is 0 Å². The highest BCUT2D eigenvalue weighted by Crippen LogP contribution is 2.44. The fourth-order valence-corrected chi connectivity index (χ4v) is 3.76. The monoisotopic (exact) mass is 393 g/mol. The second-order valence-corrected chi connectivity index (χ2v) is 7.21. The van der Waals surface area contributed by atoms with Gasteiger partial charge in [0, 0.05) is 10.9 Å². The van der Waals surface area contributed by atoms with Crippen molar-refractivity contribution in [1.82, 2.24) is 5.32 Å². The van der Waals surface area contributed by atoms with Crippen LogP contribution in [0.1, 0.15) is 28.7 Å². The summed E-state index contributed by atoms with van der Waals surface area (Å²) in [6, 6.07) is 23.2. The highest BCUT2D eigenvalue weighted by Gasteiger charge is 2.29. The standard InChI is InChI=1S/C23H20ClNO3/c24-16-11-9-15(10-12-16)22(26)13-25-23(27)28-14-21-19-7-3-1-5-17(19)18-6-2-4-8-20(18)21/h1-12,21-22,26H,13-14H2,(H,25,27)/t22-/m0/s1. The number of benzene rings is 3. The maximum Gasteiger partial charge on any atom is 0.407 e. The van der Waals surface area contributed by atoms with Crippen LogP contribution in [0.25, 0.3) is 11.1 Å². The number of aliphatic hydroxyl groups is 1. The van der Waals surface area contributed by atoms with Gasteiger partial charge >= 0.3 is 6.09 Å². The van der Waals surface area contributed by atoms with Crippen molar-refractivity contribution in [1.29, 1.82) is 0 Å². The molecule has 0 saturated heterocycles. The molecule has 0 bridgehead atoms. The van der Waals surface area contributed by atoms with Crippen molar-refractivity contribution in [3.05, 3.63) is 94.5 Å². The number of alkyl carbamates (subject to hydrolysis) is 1. The number of hydrogen-bond acceptors (Lipinski definition) is 3. The van der Waals surface area contributed by atoms with E-state index in [9.17, 15) is 9.90 Å². The molecule has 3 aromatic rings. The fourth-order valence-electron chi connectivity index (χ4n) is 3.63. The number of fused-ring (bicyclic) bond motifs is 3. The van der Waals surface area contributed by atoms with Crippen molar-refractivity contribution >= 4 is 17.7 Å². The summed E-state index contributed by atoms with van der Waals surface area (Å²) in [6.45, 7) is 0.315. The molecule has 1 aliphatic carbocycles. The Morgan fingerprint density at radius 1 is 0.964 bits per heavy atom. The van der Waals surface area contributed by atoms with E-state index in [1.807, 2.05) is 24.3 Å². The summed E-state index contributed by atoms with van der Waals surface area (Å²) < 4.78 is 5.46. The lowest BCUT2D eigenvalue weighted by molar-refractivity contribution is 0.128. The van der Waals surface area contributed by atoms with Gasteiger partial charge in [0.05, 0.1) is 12.6 Å². The van der Waals surface area contributed by atoms with Crippen LogP contribution in [0.15, 0.2) is 72.8 Å². The van der Waals surface area contributed by atoms with Gasteiger partial charge in [-0.05, 0) is 39.9 Å². The van der Waals surface area contributed by atoms with Crippen LogP contribution >= 0.6 is 11.6 Å². The maximum atomic E-state index is 12.1. The van der Waals surface area contributed by atoms with Crippen LogP contribution < -0.4 is 5.32 Å². The van der Waals surface area contributed by atoms with Gasteiger partial charge in [-0.3, -0.25) is 0 Å². The van der Waals surface area contributed by atoms with E-state index in [0.29, 0.717) is 10.6 Å². The zero-order valence-corrected chi connectivity index (χ0v) is 15.9. The summed E-state index contributed by atoms with van der Waals surface area (Å²) >= 11 is 5.85. The van der Waals surface area contributed by atoms with Crippen LogP contribution in [0.4, 0.5) is 4.79 Å². The van der Waals surface area contributed by atoms with E-state index in [1.54, 1.807) is 24.3 Å². The lowest BCUT2D eigenvalue weighted by atomic mass is 9.98. The third-order valence-corrected chi connectivity index (χ3v) is 5.29. The zero-order chi connectivity index (χ0) is 19.5. The highest BCUT2D eigenvalue weighted by molar-refractivity contribution is 6.30. The molecule has 0 aromatic heterocycles. The van der Waals surface area contributed by atoms with Gasteiger partial charge in [-0.15, -0.1) is 0 Å². The Balaban J connectivity index is 1.37. The summed E-state index contributed by atoms with van der Waals surface area (Å²) in [5.41, 5.74) is 5.38. The molecule has 4 rings (SSSR count). The van der Waals surface area contributed by atoms with E-state index in [2.05, 4.69) is 29.6 Å². The summed E-state index contributed by atoms with van der Waals surface area (Å²) in [5.74, 6) is 0.0133. The van der Waals surface area contributed by atoms with Crippen LogP contribution in [0, 0.1) is 0 Å². The smallest absolute Gasteiger partial charge is 0.407 e. The molecule has 0 spiro atoms. The van der Waals surface area contributed by atoms with Crippen molar-refractivity contribution in [3.8, 4) is 11.1 Å². The number of aliphatic hydroxyl groups excluding tert-OH is 1. The van der Waals surface area contributed by atoms with E-state index < -0.39 is 12.2 Å². The fraction of sp³-hybridized carbons (Fsp3) is 0.174. The second kappa shape index (κ2) is 8.05. The third kappa shape index (κ3) is 3.75. The van der Waals surface area contributed by atoms with Gasteiger partial charge in [0.25, 0.3) is 0 Å². The van der Waals surface area contributed by atoms with Gasteiger partial charge in [-0.1, -0.05) is 72.3 Å². The Hall–Kier alpha value is -2.82. The van der Waals surface area contributed by atoms with Crippen LogP contribution in [0.3, 0.4) is 0 Å². The molecule has 1 aliphatic rings. The molecular weight excluding hydrogens is 374 g/mol. The molecule has 0 heterocycles. The largest absolute Gasteiger partial charge is 0.449 e. The Morgan fingerprint density at radius 2 is 1.54 bits per heavy atom. The Bertz CT molecular complexity index is 942. The van der Waals surface area contributed by atoms with E-state index in [-0.39, 0.29) is 19.1 Å². The third-order valence-electron chi connectivity index (χ3n) is 5.04. The molecule has 2 N–H and O–H groups in total. The van der Waals surface area contributed by atoms with E-state index in [1.165, 1.54) is 11.1 Å². The van der Waals surface area contributed by atoms with Crippen molar-refractivity contribution in [2.24, 2.45) is 0 Å². The predicted octanol–water partition coefficient (Wildman–Crippen LogP) is 4.91. The summed E-state index contributed by atoms with van der Waals surface area (Å²) in [6.07, 6.45) is -1.37. The number of amides is 1. The number of carbonyl (C=O) groups excluding carboxylic acids is 1. The second-order valence-electron chi connectivity index (χ2n) is 6.77. The minimum atomic E-state index is -0.822. The van der Waals surface area contributed by atoms with Gasteiger partial charge < -0.3 is 15.2 Å². The lowest BCUT2D eigenvalue weighted by Crippen LogP contribution is -2.30. The summed E-state index contributed by atoms with van der Waals surface area (Å²) in [7, 11) is 0. The quantitative estimate of drug-likeness (QED) is 0.647. The van der Waals surface area contributed by atoms with Crippen LogP contribution in [-0.4, -0.2) is 24.4 Å². The van der Waals surface area contributed by atoms with Gasteiger partial charge in [0.15, 0.2) is 0 Å². The van der Waals surface area contributed by atoms with Crippen LogP contribution in [0.5, 0.6) is 0 Å². The minimum absolute atomic E-state index is 0.0133. The highest BCUT2D eigenvalue weighted by atomic mass is 35.5. The predicted molar refractivity (Wildman–Crippen MR) is 109 cm³/mol. The van der Waals surface area contributed by atoms with Crippen molar-refractivity contribution < 1.29 is 14.6 Å². The first-order valence-electron chi connectivity index (χ1n) is 9.16. The van der Waals surface area contributed by atoms with Crippen molar-refractivity contribution in [2.75, 3.05) is 13.2 Å². The molecule has 0 unspecified atom stereocenters. The molecule has 0 aliphatic heterocycles. The number of carbonyl (C=O) groups is 1. The van der Waals surface area contributed by atoms with Gasteiger partial charge in [0.1, 0.15) is 6.61 Å². The topological polar surface area (TPSA) is 58.6 Å². The molecule has 0 saturated carbocycles. The molecule has 142 valence electrons. The van der Waals surface area contributed by atoms with Crippen molar-refractivity contribution in [3.63, 3.8) is 0 Å². The summed E-state index contributed by atoms with van der Waals surface area (Å²) in [5, 5.41) is 13.4. The SMILES string of the molecule is O=C(NC[C@H](O)c1ccc(Cl)cc1)OCC1c2ccccc2-c2ccccc21. The van der Waals surface area contributed by atoms with Crippen molar-refractivity contribution in [2.45, 2.75) is 12.0 Å². The van der Waals surface area contributed by atoms with Gasteiger partial charge in [-0.2, -0.15) is 0 Å². The first-order valence-corrected chi connectivity index (χ1v) is 9.53. The Morgan fingerprint density at radius 3 is 2.14 bits per heavy atom. The normalized spacial score (nSPS) is 13.5. The Kier molecular flexibility index (Phi) is 5.33. The number of nitrogens with one attached hydrogen (secondary N) is 1. The molecule has 0 fully saturated rings. The molecule has 5 heteroatoms. The molecule has 28 heavy (non-hydrogen) atoms. The zero-order valence-electron chi connectivity index (χ0n) is 15.1. The van der Waals surface area contributed by atoms with Crippen LogP contribution in [-0.2, 0) is 4.74 Å². The Labute approximate surface area is 168 Å². The molecule has 4 nitrogen and oxygen atoms in total. The number of ether oxygens (including phenoxy) is 1. The average Bonchev–Trinajstić information content (AvgIpc) is 3.05. The van der Waals surface area contributed by atoms with E-state index in [0.717, 1.165) is 11.1 Å². The number of hydrogen-bond donors (Lipinski definition) is 2. The first kappa shape index (κ1) is 18.5. The van der Waals surface area contributed by atoms with E-state index in [4.69, 9.17) is 16.3 Å². The summed E-state index contributed by atoms with van der Waals surface area (Å²) in [4.78, 5) is 12.1. The molecule has 1 amide bonds.